The largest absolute Gasteiger partial charge is 0.467 e. The van der Waals surface area contributed by atoms with Crippen molar-refractivity contribution >= 4 is 23.7 Å². The van der Waals surface area contributed by atoms with E-state index in [0.717, 1.165) is 17.3 Å². The fourth-order valence-corrected chi connectivity index (χ4v) is 5.18. The maximum Gasteiger partial charge on any atom is 0.421 e. The molecule has 1 aliphatic carbocycles. The Morgan fingerprint density at radius 3 is 2.37 bits per heavy atom. The number of alkyl halides is 3. The molecule has 230 valence electrons. The Morgan fingerprint density at radius 2 is 1.70 bits per heavy atom. The van der Waals surface area contributed by atoms with E-state index in [1.54, 1.807) is 35.6 Å². The number of rotatable bonds is 7. The van der Waals surface area contributed by atoms with Crippen LogP contribution in [0.5, 0.6) is 6.01 Å². The molecule has 1 atom stereocenters. The van der Waals surface area contributed by atoms with Crippen LogP contribution in [0.1, 0.15) is 50.5 Å². The summed E-state index contributed by atoms with van der Waals surface area (Å²) in [6.07, 6.45) is 3.40. The van der Waals surface area contributed by atoms with E-state index < -0.39 is 23.9 Å². The fourth-order valence-electron chi connectivity index (χ4n) is 5.18. The number of aliphatic hydroxyl groups is 1. The summed E-state index contributed by atoms with van der Waals surface area (Å²) in [4.78, 5) is 34.6. The minimum atomic E-state index is -4.60. The number of anilines is 3. The van der Waals surface area contributed by atoms with Crippen molar-refractivity contribution in [3.05, 3.63) is 42.5 Å². The molecule has 43 heavy (non-hydrogen) atoms. The van der Waals surface area contributed by atoms with Gasteiger partial charge in [-0.15, -0.1) is 0 Å². The first-order chi connectivity index (χ1) is 20.7. The summed E-state index contributed by atoms with van der Waals surface area (Å²) in [6.45, 7) is 0.654. The van der Waals surface area contributed by atoms with Crippen LogP contribution in [0.3, 0.4) is 0 Å². The van der Waals surface area contributed by atoms with Crippen LogP contribution in [-0.4, -0.2) is 74.6 Å². The number of amides is 1. The van der Waals surface area contributed by atoms with Crippen molar-refractivity contribution in [1.29, 1.82) is 0 Å². The van der Waals surface area contributed by atoms with E-state index in [9.17, 15) is 23.1 Å². The highest BCUT2D eigenvalue weighted by molar-refractivity contribution is 5.83. The first kappa shape index (κ1) is 30.2. The second-order valence-corrected chi connectivity index (χ2v) is 10.5. The maximum atomic E-state index is 13.7. The molecular weight excluding hydrogens is 569 g/mol. The Balaban J connectivity index is 1.12. The van der Waals surface area contributed by atoms with Gasteiger partial charge in [0.2, 0.25) is 5.95 Å². The second kappa shape index (κ2) is 13.4. The molecule has 1 aliphatic heterocycles. The van der Waals surface area contributed by atoms with Crippen LogP contribution in [0.25, 0.3) is 11.1 Å². The molecule has 1 saturated carbocycles. The summed E-state index contributed by atoms with van der Waals surface area (Å²) in [5, 5.41) is 15.7. The van der Waals surface area contributed by atoms with Crippen LogP contribution >= 0.6 is 0 Å². The lowest BCUT2D eigenvalue weighted by atomic mass is 9.93. The lowest BCUT2D eigenvalue weighted by Crippen LogP contribution is -2.33. The normalized spacial score (nSPS) is 21.0. The van der Waals surface area contributed by atoms with Crippen LogP contribution in [0, 0.1) is 0 Å². The van der Waals surface area contributed by atoms with E-state index in [4.69, 9.17) is 9.47 Å². The fraction of sp³-hybridized carbons (Fsp3) is 0.500. The van der Waals surface area contributed by atoms with Gasteiger partial charge in [0.1, 0.15) is 23.3 Å². The predicted molar refractivity (Wildman–Crippen MR) is 151 cm³/mol. The molecule has 2 fully saturated rings. The number of ether oxygens (including phenoxy) is 2. The topological polar surface area (TPSA) is 148 Å². The molecule has 1 saturated heterocycles. The van der Waals surface area contributed by atoms with Crippen LogP contribution in [-0.2, 0) is 10.9 Å². The van der Waals surface area contributed by atoms with Gasteiger partial charge in [-0.25, -0.2) is 24.7 Å². The third kappa shape index (κ3) is 7.97. The number of carbonyl (C=O) groups excluding carboxylic acids is 1. The highest BCUT2D eigenvalue weighted by Gasteiger charge is 2.37. The molecule has 4 heterocycles. The molecule has 3 N–H and O–H groups in total. The number of pyridine rings is 1. The molecule has 0 bridgehead atoms. The van der Waals surface area contributed by atoms with Crippen molar-refractivity contribution < 1.29 is 32.5 Å². The summed E-state index contributed by atoms with van der Waals surface area (Å²) >= 11 is 0. The number of aliphatic hydroxyl groups excluding tert-OH is 1. The molecule has 2 aliphatic rings. The molecule has 1 amide bonds. The van der Waals surface area contributed by atoms with E-state index in [-0.39, 0.29) is 36.5 Å². The molecule has 5 rings (SSSR count). The Labute approximate surface area is 246 Å². The van der Waals surface area contributed by atoms with E-state index in [1.165, 1.54) is 7.11 Å². The number of hydrogen-bond acceptors (Lipinski definition) is 11. The van der Waals surface area contributed by atoms with Gasteiger partial charge >= 0.3 is 18.3 Å². The summed E-state index contributed by atoms with van der Waals surface area (Å²) < 4.78 is 51.7. The zero-order valence-corrected chi connectivity index (χ0v) is 23.5. The second-order valence-electron chi connectivity index (χ2n) is 10.5. The maximum absolute atomic E-state index is 13.7. The molecule has 0 spiro atoms. The van der Waals surface area contributed by atoms with Crippen LogP contribution < -0.4 is 20.3 Å². The van der Waals surface area contributed by atoms with Gasteiger partial charge in [0.05, 0.1) is 13.2 Å². The number of methoxy groups -OCH3 is 1. The average molecular weight is 603 g/mol. The number of hydrogen-bond donors (Lipinski definition) is 3. The van der Waals surface area contributed by atoms with Crippen molar-refractivity contribution in [2.24, 2.45) is 0 Å². The first-order valence-corrected chi connectivity index (χ1v) is 14.1. The van der Waals surface area contributed by atoms with Crippen LogP contribution in [0.2, 0.25) is 0 Å². The van der Waals surface area contributed by atoms with Gasteiger partial charge in [-0.1, -0.05) is 0 Å². The van der Waals surface area contributed by atoms with Crippen molar-refractivity contribution in [1.82, 2.24) is 24.9 Å². The Hall–Kier alpha value is -4.27. The lowest BCUT2D eigenvalue weighted by molar-refractivity contribution is -0.137. The highest BCUT2D eigenvalue weighted by Crippen LogP contribution is 2.36. The average Bonchev–Trinajstić information content (AvgIpc) is 3.22. The van der Waals surface area contributed by atoms with Gasteiger partial charge in [0.15, 0.2) is 0 Å². The summed E-state index contributed by atoms with van der Waals surface area (Å²) in [5.74, 6) is 0.269. The number of aromatic nitrogens is 5. The summed E-state index contributed by atoms with van der Waals surface area (Å²) in [7, 11) is 1.48. The van der Waals surface area contributed by atoms with Crippen LogP contribution in [0.4, 0.5) is 35.5 Å². The van der Waals surface area contributed by atoms with Crippen molar-refractivity contribution in [2.75, 3.05) is 35.7 Å². The van der Waals surface area contributed by atoms with Gasteiger partial charge in [-0.2, -0.15) is 18.2 Å². The zero-order valence-electron chi connectivity index (χ0n) is 23.5. The highest BCUT2D eigenvalue weighted by atomic mass is 19.4. The molecule has 3 aromatic rings. The zero-order chi connectivity index (χ0) is 30.4. The molecule has 0 aromatic carbocycles. The third-order valence-electron chi connectivity index (χ3n) is 7.49. The molecule has 3 aromatic heterocycles. The van der Waals surface area contributed by atoms with E-state index in [1.807, 2.05) is 0 Å². The van der Waals surface area contributed by atoms with Crippen molar-refractivity contribution in [2.45, 2.75) is 69.4 Å². The quantitative estimate of drug-likeness (QED) is 0.346. The molecule has 1 unspecified atom stereocenters. The SMILES string of the molecule is COc1ncc(-c2ccc(NC(=O)O[C@H]3CC[C@H](Nc4ncc(C(F)(F)F)c(N5CCCC(O)CC5)n4)CC3)nc2)cn1. The van der Waals surface area contributed by atoms with E-state index >= 15 is 0 Å². The predicted octanol–water partition coefficient (Wildman–Crippen LogP) is 4.68. The number of halogens is 3. The number of nitrogens with one attached hydrogen (secondary N) is 2. The van der Waals surface area contributed by atoms with Gasteiger partial charge in [0.25, 0.3) is 0 Å². The van der Waals surface area contributed by atoms with Gasteiger partial charge in [-0.05, 0) is 57.1 Å². The van der Waals surface area contributed by atoms with Gasteiger partial charge in [0, 0.05) is 55.0 Å². The standard InChI is InChI=1S/C28H33F3N8O4/c1-42-26-34-14-18(15-35-26)17-4-9-23(32-13-17)37-27(41)43-21-7-5-19(6-8-21)36-25-33-16-22(28(29,30)31)24(38-25)39-11-2-3-20(40)10-12-39/h4,9,13-16,19-21,40H,2-3,5-8,10-12H2,1H3,(H,32,37,41)(H,33,36,38)/t19-,20?,21-. The van der Waals surface area contributed by atoms with Crippen molar-refractivity contribution in [3.8, 4) is 17.1 Å². The van der Waals surface area contributed by atoms with Gasteiger partial charge < -0.3 is 24.8 Å². The monoisotopic (exact) mass is 602 g/mol. The Kier molecular flexibility index (Phi) is 9.38. The Bertz CT molecular complexity index is 1370. The van der Waals surface area contributed by atoms with E-state index in [0.29, 0.717) is 57.3 Å². The van der Waals surface area contributed by atoms with Crippen LogP contribution in [0.15, 0.2) is 36.9 Å². The third-order valence-corrected chi connectivity index (χ3v) is 7.49. The summed E-state index contributed by atoms with van der Waals surface area (Å²) in [6, 6.07) is 3.59. The molecular formula is C28H33F3N8O4. The van der Waals surface area contributed by atoms with Gasteiger partial charge in [-0.3, -0.25) is 5.32 Å². The lowest BCUT2D eigenvalue weighted by Gasteiger charge is -2.29. The molecule has 12 nitrogen and oxygen atoms in total. The summed E-state index contributed by atoms with van der Waals surface area (Å²) in [5.41, 5.74) is 0.616. The smallest absolute Gasteiger partial charge is 0.421 e. The minimum Gasteiger partial charge on any atom is -0.467 e. The molecule has 0 radical (unpaired) electrons. The minimum absolute atomic E-state index is 0.0883. The van der Waals surface area contributed by atoms with Crippen molar-refractivity contribution in [3.63, 3.8) is 0 Å². The Morgan fingerprint density at radius 1 is 0.953 bits per heavy atom. The number of carbonyl (C=O) groups is 1. The molecule has 15 heteroatoms. The van der Waals surface area contributed by atoms with E-state index in [2.05, 4.69) is 35.6 Å². The first-order valence-electron chi connectivity index (χ1n) is 14.1. The number of nitrogens with zero attached hydrogens (tertiary/aromatic N) is 6.